The van der Waals surface area contributed by atoms with Crippen LogP contribution in [-0.2, 0) is 11.3 Å². The average Bonchev–Trinajstić information content (AvgIpc) is 2.55. The summed E-state index contributed by atoms with van der Waals surface area (Å²) in [5.74, 6) is -0.869. The number of nitrogens with one attached hydrogen (secondary N) is 1. The van der Waals surface area contributed by atoms with E-state index in [9.17, 15) is 14.3 Å². The second-order valence-electron chi connectivity index (χ2n) is 5.05. The Morgan fingerprint density at radius 1 is 1.65 bits per heavy atom. The van der Waals surface area contributed by atoms with Gasteiger partial charge in [0.2, 0.25) is 5.91 Å². The maximum absolute atomic E-state index is 13.9. The van der Waals surface area contributed by atoms with Gasteiger partial charge in [0.15, 0.2) is 6.35 Å². The number of aromatic nitrogens is 1. The maximum Gasteiger partial charge on any atom is 0.242 e. The summed E-state index contributed by atoms with van der Waals surface area (Å²) in [6.07, 6.45) is 1.88. The van der Waals surface area contributed by atoms with Gasteiger partial charge in [0.25, 0.3) is 0 Å². The lowest BCUT2D eigenvalue weighted by molar-refractivity contribution is -0.129. The fourth-order valence-corrected chi connectivity index (χ4v) is 2.43. The van der Waals surface area contributed by atoms with E-state index in [-0.39, 0.29) is 23.9 Å². The molecule has 2 rings (SSSR count). The summed E-state index contributed by atoms with van der Waals surface area (Å²) in [6, 6.07) is -0.619. The molecule has 110 valence electrons. The quantitative estimate of drug-likeness (QED) is 0.707. The second kappa shape index (κ2) is 5.82. The third kappa shape index (κ3) is 2.65. The molecule has 0 bridgehead atoms. The smallest absolute Gasteiger partial charge is 0.242 e. The van der Waals surface area contributed by atoms with Crippen LogP contribution in [-0.4, -0.2) is 33.3 Å². The molecule has 2 heterocycles. The molecule has 1 amide bonds. The molecule has 1 aromatic rings. The van der Waals surface area contributed by atoms with Crippen LogP contribution in [0.1, 0.15) is 25.8 Å². The van der Waals surface area contributed by atoms with Crippen molar-refractivity contribution in [2.75, 3.05) is 5.32 Å². The molecule has 0 fully saturated rings. The summed E-state index contributed by atoms with van der Waals surface area (Å²) in [7, 11) is 0. The van der Waals surface area contributed by atoms with Crippen molar-refractivity contribution in [3.05, 3.63) is 23.8 Å². The lowest BCUT2D eigenvalue weighted by atomic mass is 9.97. The largest absolute Gasteiger partial charge is 0.365 e. The summed E-state index contributed by atoms with van der Waals surface area (Å²) in [6.45, 7) is 3.89. The number of nitrogens with zero attached hydrogens (tertiary/aromatic N) is 2. The zero-order valence-electron chi connectivity index (χ0n) is 11.5. The molecule has 1 unspecified atom stereocenters. The third-order valence-corrected chi connectivity index (χ3v) is 3.75. The molecule has 6 nitrogen and oxygen atoms in total. The third-order valence-electron chi connectivity index (χ3n) is 3.75. The topological polar surface area (TPSA) is 91.5 Å². The molecule has 4 N–H and O–H groups in total. The Morgan fingerprint density at radius 2 is 2.35 bits per heavy atom. The number of nitrogens with two attached hydrogens (primary N) is 1. The van der Waals surface area contributed by atoms with Crippen molar-refractivity contribution in [1.29, 1.82) is 0 Å². The SMILES string of the molecule is CC[C@H](C)[C@H]1C(=O)Nc2cncc(F)c2CN1C(N)O. The van der Waals surface area contributed by atoms with Gasteiger partial charge in [-0.1, -0.05) is 20.3 Å². The van der Waals surface area contributed by atoms with Crippen LogP contribution in [0.15, 0.2) is 12.4 Å². The predicted molar refractivity (Wildman–Crippen MR) is 71.8 cm³/mol. The summed E-state index contributed by atoms with van der Waals surface area (Å²) >= 11 is 0. The molecule has 7 heteroatoms. The first kappa shape index (κ1) is 14.8. The Hall–Kier alpha value is -1.57. The van der Waals surface area contributed by atoms with Gasteiger partial charge in [-0.15, -0.1) is 0 Å². The van der Waals surface area contributed by atoms with Crippen molar-refractivity contribution < 1.29 is 14.3 Å². The van der Waals surface area contributed by atoms with E-state index in [1.165, 1.54) is 11.1 Å². The second-order valence-corrected chi connectivity index (χ2v) is 5.05. The fraction of sp³-hybridized carbons (Fsp3) is 0.538. The number of fused-ring (bicyclic) bond motifs is 1. The van der Waals surface area contributed by atoms with E-state index in [2.05, 4.69) is 10.3 Å². The number of anilines is 1. The first-order valence-corrected chi connectivity index (χ1v) is 6.58. The van der Waals surface area contributed by atoms with Gasteiger partial charge in [-0.25, -0.2) is 9.29 Å². The van der Waals surface area contributed by atoms with E-state index < -0.39 is 18.2 Å². The number of halogens is 1. The summed E-state index contributed by atoms with van der Waals surface area (Å²) in [5.41, 5.74) is 6.16. The zero-order valence-corrected chi connectivity index (χ0v) is 11.5. The number of rotatable bonds is 3. The minimum absolute atomic E-state index is 0.0291. The number of hydrogen-bond donors (Lipinski definition) is 3. The van der Waals surface area contributed by atoms with Gasteiger partial charge in [0.1, 0.15) is 5.82 Å². The first-order chi connectivity index (χ1) is 9.45. The van der Waals surface area contributed by atoms with Crippen molar-refractivity contribution in [2.24, 2.45) is 11.7 Å². The monoisotopic (exact) mass is 282 g/mol. The van der Waals surface area contributed by atoms with Crippen LogP contribution >= 0.6 is 0 Å². The highest BCUT2D eigenvalue weighted by Crippen LogP contribution is 2.28. The molecule has 0 aliphatic carbocycles. The highest BCUT2D eigenvalue weighted by molar-refractivity contribution is 5.96. The minimum Gasteiger partial charge on any atom is -0.365 e. The summed E-state index contributed by atoms with van der Waals surface area (Å²) in [5, 5.41) is 12.4. The van der Waals surface area contributed by atoms with E-state index in [1.807, 2.05) is 13.8 Å². The van der Waals surface area contributed by atoms with Crippen LogP contribution in [0.4, 0.5) is 10.1 Å². The molecule has 1 aliphatic rings. The van der Waals surface area contributed by atoms with Crippen LogP contribution < -0.4 is 11.1 Å². The number of aliphatic hydroxyl groups excluding tert-OH is 1. The van der Waals surface area contributed by atoms with Crippen molar-refractivity contribution in [3.8, 4) is 0 Å². The molecule has 3 atom stereocenters. The van der Waals surface area contributed by atoms with Crippen molar-refractivity contribution in [2.45, 2.75) is 39.2 Å². The van der Waals surface area contributed by atoms with Gasteiger partial charge in [-0.3, -0.25) is 15.5 Å². The van der Waals surface area contributed by atoms with E-state index >= 15 is 0 Å². The molecule has 0 saturated heterocycles. The average molecular weight is 282 g/mol. The van der Waals surface area contributed by atoms with Crippen molar-refractivity contribution in [3.63, 3.8) is 0 Å². The van der Waals surface area contributed by atoms with Crippen LogP contribution in [0.25, 0.3) is 0 Å². The zero-order chi connectivity index (χ0) is 14.9. The fourth-order valence-electron chi connectivity index (χ4n) is 2.43. The lowest BCUT2D eigenvalue weighted by Crippen LogP contribution is -2.53. The Labute approximate surface area is 116 Å². The van der Waals surface area contributed by atoms with Gasteiger partial charge in [-0.05, 0) is 5.92 Å². The van der Waals surface area contributed by atoms with E-state index in [0.717, 1.165) is 12.6 Å². The van der Waals surface area contributed by atoms with Gasteiger partial charge in [0.05, 0.1) is 24.1 Å². The van der Waals surface area contributed by atoms with Crippen molar-refractivity contribution in [1.82, 2.24) is 9.88 Å². The van der Waals surface area contributed by atoms with Crippen LogP contribution in [0.5, 0.6) is 0 Å². The van der Waals surface area contributed by atoms with E-state index in [4.69, 9.17) is 5.73 Å². The van der Waals surface area contributed by atoms with E-state index in [0.29, 0.717) is 5.69 Å². The molecule has 1 aliphatic heterocycles. The molecule has 20 heavy (non-hydrogen) atoms. The molecular formula is C13H19FN4O2. The van der Waals surface area contributed by atoms with Gasteiger partial charge in [-0.2, -0.15) is 0 Å². The summed E-state index contributed by atoms with van der Waals surface area (Å²) in [4.78, 5) is 17.5. The Morgan fingerprint density at radius 3 is 2.95 bits per heavy atom. The number of pyridine rings is 1. The van der Waals surface area contributed by atoms with Gasteiger partial charge < -0.3 is 10.4 Å². The van der Waals surface area contributed by atoms with Gasteiger partial charge in [0, 0.05) is 12.1 Å². The molecule has 0 spiro atoms. The van der Waals surface area contributed by atoms with Crippen LogP contribution in [0, 0.1) is 11.7 Å². The maximum atomic E-state index is 13.9. The number of aliphatic hydroxyl groups is 1. The predicted octanol–water partition coefficient (Wildman–Crippen LogP) is 0.624. The van der Waals surface area contributed by atoms with Crippen LogP contribution in [0.3, 0.4) is 0 Å². The van der Waals surface area contributed by atoms with Crippen LogP contribution in [0.2, 0.25) is 0 Å². The first-order valence-electron chi connectivity index (χ1n) is 6.58. The minimum atomic E-state index is -1.33. The molecule has 0 aromatic carbocycles. The standard InChI is InChI=1S/C13H19FN4O2/c1-3-7(2)11-12(19)17-10-5-16-4-9(14)8(10)6-18(11)13(15)20/h4-5,7,11,13,20H,3,6,15H2,1-2H3,(H,17,19)/t7-,11-,13?/m0/s1. The Bertz CT molecular complexity index is 509. The number of carbonyl (C=O) groups is 1. The number of hydrogen-bond acceptors (Lipinski definition) is 5. The Balaban J connectivity index is 2.46. The number of amides is 1. The lowest BCUT2D eigenvalue weighted by Gasteiger charge is -2.33. The highest BCUT2D eigenvalue weighted by atomic mass is 19.1. The number of carbonyl (C=O) groups excluding carboxylic acids is 1. The van der Waals surface area contributed by atoms with E-state index in [1.54, 1.807) is 0 Å². The highest BCUT2D eigenvalue weighted by Gasteiger charge is 2.37. The molecule has 0 saturated carbocycles. The molecule has 0 radical (unpaired) electrons. The van der Waals surface area contributed by atoms with Crippen molar-refractivity contribution >= 4 is 11.6 Å². The molecule has 1 aromatic heterocycles. The normalized spacial score (nSPS) is 22.6. The summed E-state index contributed by atoms with van der Waals surface area (Å²) < 4.78 is 13.9. The van der Waals surface area contributed by atoms with Gasteiger partial charge >= 0.3 is 0 Å². The molecular weight excluding hydrogens is 263 g/mol. The Kier molecular flexibility index (Phi) is 4.32.